The zero-order valence-corrected chi connectivity index (χ0v) is 19.5. The zero-order valence-electron chi connectivity index (χ0n) is 18.7. The molecule has 0 bridgehead atoms. The van der Waals surface area contributed by atoms with Crippen molar-refractivity contribution in [1.82, 2.24) is 9.80 Å². The van der Waals surface area contributed by atoms with E-state index in [0.717, 1.165) is 56.6 Å². The van der Waals surface area contributed by atoms with Crippen LogP contribution in [0.25, 0.3) is 0 Å². The molecule has 1 aromatic carbocycles. The fourth-order valence-electron chi connectivity index (χ4n) is 4.53. The molecule has 32 heavy (non-hydrogen) atoms. The fraction of sp³-hybridized carbons (Fsp3) is 0.500. The van der Waals surface area contributed by atoms with Crippen molar-refractivity contribution in [2.75, 3.05) is 45.2 Å². The maximum absolute atomic E-state index is 13.4. The Kier molecular flexibility index (Phi) is 7.23. The van der Waals surface area contributed by atoms with E-state index in [1.807, 2.05) is 6.07 Å². The summed E-state index contributed by atoms with van der Waals surface area (Å²) in [4.78, 5) is 30.8. The molecule has 2 aromatic rings. The molecule has 1 saturated heterocycles. The summed E-state index contributed by atoms with van der Waals surface area (Å²) in [6.07, 6.45) is 2.83. The van der Waals surface area contributed by atoms with E-state index >= 15 is 0 Å². The molecule has 1 aromatic heterocycles. The van der Waals surface area contributed by atoms with Gasteiger partial charge in [0.15, 0.2) is 0 Å². The molecule has 1 N–H and O–H groups in total. The number of carbonyl (C=O) groups excluding carboxylic acids is 2. The maximum atomic E-state index is 13.4. The minimum atomic E-state index is -0.377. The van der Waals surface area contributed by atoms with Gasteiger partial charge in [0.05, 0.1) is 19.2 Å². The number of carbonyl (C=O) groups is 2. The van der Waals surface area contributed by atoms with Crippen LogP contribution in [0.15, 0.2) is 24.3 Å². The molecule has 1 aliphatic heterocycles. The molecule has 4 rings (SSSR count). The van der Waals surface area contributed by atoms with Gasteiger partial charge >= 0.3 is 5.97 Å². The number of halogens is 1. The van der Waals surface area contributed by atoms with Gasteiger partial charge in [-0.3, -0.25) is 14.6 Å². The number of anilines is 1. The van der Waals surface area contributed by atoms with Crippen molar-refractivity contribution in [1.29, 1.82) is 0 Å². The van der Waals surface area contributed by atoms with Gasteiger partial charge in [-0.2, -0.15) is 0 Å². The molecule has 172 valence electrons. The molecule has 0 spiro atoms. The Balaban J connectivity index is 1.33. The molecule has 6 nitrogen and oxygen atoms in total. The summed E-state index contributed by atoms with van der Waals surface area (Å²) >= 11 is 1.51. The maximum Gasteiger partial charge on any atom is 0.341 e. The smallest absolute Gasteiger partial charge is 0.341 e. The molecule has 0 radical (unpaired) electrons. The van der Waals surface area contributed by atoms with Crippen LogP contribution < -0.4 is 5.32 Å². The molecule has 1 aliphatic carbocycles. The summed E-state index contributed by atoms with van der Waals surface area (Å²) in [6.45, 7) is 6.39. The minimum absolute atomic E-state index is 0.111. The highest BCUT2D eigenvalue weighted by atomic mass is 32.1. The Hall–Kier alpha value is -2.29. The molecule has 2 heterocycles. The van der Waals surface area contributed by atoms with Gasteiger partial charge in [-0.15, -0.1) is 11.3 Å². The van der Waals surface area contributed by atoms with Gasteiger partial charge in [0.1, 0.15) is 10.8 Å². The summed E-state index contributed by atoms with van der Waals surface area (Å²) in [7, 11) is 1.38. The van der Waals surface area contributed by atoms with Gasteiger partial charge in [-0.1, -0.05) is 19.1 Å². The highest BCUT2D eigenvalue weighted by Crippen LogP contribution is 2.40. The van der Waals surface area contributed by atoms with Gasteiger partial charge in [-0.25, -0.2) is 9.18 Å². The second-order valence-electron chi connectivity index (χ2n) is 8.78. The topological polar surface area (TPSA) is 61.9 Å². The minimum Gasteiger partial charge on any atom is -0.465 e. The van der Waals surface area contributed by atoms with Crippen LogP contribution in [0.4, 0.5) is 9.39 Å². The molecule has 2 aliphatic rings. The van der Waals surface area contributed by atoms with Gasteiger partial charge < -0.3 is 10.1 Å². The lowest BCUT2D eigenvalue weighted by Gasteiger charge is -2.34. The van der Waals surface area contributed by atoms with Crippen molar-refractivity contribution in [3.8, 4) is 0 Å². The lowest BCUT2D eigenvalue weighted by Crippen LogP contribution is -2.48. The number of benzene rings is 1. The second-order valence-corrected chi connectivity index (χ2v) is 9.88. The monoisotopic (exact) mass is 459 g/mol. The van der Waals surface area contributed by atoms with Crippen molar-refractivity contribution in [2.24, 2.45) is 5.92 Å². The third-order valence-electron chi connectivity index (χ3n) is 6.28. The molecule has 1 unspecified atom stereocenters. The number of piperazine rings is 1. The first-order valence-corrected chi connectivity index (χ1v) is 12.0. The van der Waals surface area contributed by atoms with Crippen LogP contribution in [0.1, 0.15) is 39.7 Å². The summed E-state index contributed by atoms with van der Waals surface area (Å²) in [6, 6.07) is 6.69. The number of esters is 1. The highest BCUT2D eigenvalue weighted by molar-refractivity contribution is 7.17. The first kappa shape index (κ1) is 22.9. The SMILES string of the molecule is COC(=O)c1c(NC(=O)CN2CCN(Cc3cccc(F)c3)CC2)sc2c1CCC(C)C2. The molecule has 1 fully saturated rings. The van der Waals surface area contributed by atoms with Crippen LogP contribution in [0, 0.1) is 11.7 Å². The second kappa shape index (κ2) is 10.1. The predicted octanol–water partition coefficient (Wildman–Crippen LogP) is 3.55. The van der Waals surface area contributed by atoms with E-state index in [0.29, 0.717) is 23.0 Å². The van der Waals surface area contributed by atoms with Crippen LogP contribution in [0.3, 0.4) is 0 Å². The number of rotatable bonds is 6. The van der Waals surface area contributed by atoms with E-state index in [1.54, 1.807) is 12.1 Å². The summed E-state index contributed by atoms with van der Waals surface area (Å²) in [5.74, 6) is -0.119. The van der Waals surface area contributed by atoms with Crippen molar-refractivity contribution in [3.05, 3.63) is 51.7 Å². The summed E-state index contributed by atoms with van der Waals surface area (Å²) in [5.41, 5.74) is 2.54. The number of nitrogens with one attached hydrogen (secondary N) is 1. The van der Waals surface area contributed by atoms with Crippen LogP contribution in [-0.2, 0) is 28.9 Å². The Bertz CT molecular complexity index is 985. The Morgan fingerprint density at radius 2 is 1.97 bits per heavy atom. The first-order chi connectivity index (χ1) is 15.4. The molecular formula is C24H30FN3O3S. The largest absolute Gasteiger partial charge is 0.465 e. The molecule has 1 atom stereocenters. The lowest BCUT2D eigenvalue weighted by molar-refractivity contribution is -0.117. The standard InChI is InChI=1S/C24H30FN3O3S/c1-16-6-7-19-20(12-16)32-23(22(19)24(30)31-2)26-21(29)15-28-10-8-27(9-11-28)14-17-4-3-5-18(25)13-17/h3-5,13,16H,6-12,14-15H2,1-2H3,(H,26,29). The van der Waals surface area contributed by atoms with E-state index in [-0.39, 0.29) is 24.2 Å². The Labute approximate surface area is 192 Å². The number of ether oxygens (including phenoxy) is 1. The molecular weight excluding hydrogens is 429 g/mol. The van der Waals surface area contributed by atoms with Crippen molar-refractivity contribution >= 4 is 28.2 Å². The summed E-state index contributed by atoms with van der Waals surface area (Å²) < 4.78 is 18.4. The van der Waals surface area contributed by atoms with Crippen LogP contribution in [0.5, 0.6) is 0 Å². The Morgan fingerprint density at radius 1 is 1.22 bits per heavy atom. The highest BCUT2D eigenvalue weighted by Gasteiger charge is 2.29. The number of hydrogen-bond donors (Lipinski definition) is 1. The van der Waals surface area contributed by atoms with E-state index in [1.165, 1.54) is 29.4 Å². The number of methoxy groups -OCH3 is 1. The van der Waals surface area contributed by atoms with Gasteiger partial charge in [-0.05, 0) is 48.4 Å². The summed E-state index contributed by atoms with van der Waals surface area (Å²) in [5, 5.41) is 3.60. The average molecular weight is 460 g/mol. The quantitative estimate of drug-likeness (QED) is 0.670. The van der Waals surface area contributed by atoms with Gasteiger partial charge in [0.25, 0.3) is 0 Å². The number of hydrogen-bond acceptors (Lipinski definition) is 6. The number of thiophene rings is 1. The average Bonchev–Trinajstić information content (AvgIpc) is 3.11. The van der Waals surface area contributed by atoms with Crippen LogP contribution >= 0.6 is 11.3 Å². The lowest BCUT2D eigenvalue weighted by atomic mass is 9.88. The normalized spacial score (nSPS) is 19.4. The first-order valence-electron chi connectivity index (χ1n) is 11.1. The van der Waals surface area contributed by atoms with Crippen molar-refractivity contribution in [2.45, 2.75) is 32.7 Å². The van der Waals surface area contributed by atoms with Gasteiger partial charge in [0.2, 0.25) is 5.91 Å². The molecule has 1 amide bonds. The van der Waals surface area contributed by atoms with Crippen LogP contribution in [-0.4, -0.2) is 61.5 Å². The van der Waals surface area contributed by atoms with Gasteiger partial charge in [0, 0.05) is 37.6 Å². The number of nitrogens with zero attached hydrogens (tertiary/aromatic N) is 2. The van der Waals surface area contributed by atoms with E-state index in [2.05, 4.69) is 22.0 Å². The number of fused-ring (bicyclic) bond motifs is 1. The van der Waals surface area contributed by atoms with E-state index in [4.69, 9.17) is 4.74 Å². The van der Waals surface area contributed by atoms with Crippen LogP contribution in [0.2, 0.25) is 0 Å². The predicted molar refractivity (Wildman–Crippen MR) is 124 cm³/mol. The van der Waals surface area contributed by atoms with E-state index < -0.39 is 0 Å². The molecule has 8 heteroatoms. The Morgan fingerprint density at radius 3 is 2.69 bits per heavy atom. The third kappa shape index (κ3) is 5.36. The molecule has 0 saturated carbocycles. The van der Waals surface area contributed by atoms with Crippen molar-refractivity contribution in [3.63, 3.8) is 0 Å². The van der Waals surface area contributed by atoms with E-state index in [9.17, 15) is 14.0 Å². The number of amides is 1. The fourth-order valence-corrected chi connectivity index (χ4v) is 5.94. The zero-order chi connectivity index (χ0) is 22.7. The van der Waals surface area contributed by atoms with Crippen molar-refractivity contribution < 1.29 is 18.7 Å². The third-order valence-corrected chi connectivity index (χ3v) is 7.45.